The Hall–Kier alpha value is -1.49. The molecule has 0 saturated heterocycles. The summed E-state index contributed by atoms with van der Waals surface area (Å²) in [6.45, 7) is 3.28. The lowest BCUT2D eigenvalue weighted by Crippen LogP contribution is -2.05. The van der Waals surface area contributed by atoms with Crippen LogP contribution in [0, 0.1) is 0 Å². The third-order valence-electron chi connectivity index (χ3n) is 1.59. The summed E-state index contributed by atoms with van der Waals surface area (Å²) in [5.41, 5.74) is 0.759. The highest BCUT2D eigenvalue weighted by Crippen LogP contribution is 2.12. The van der Waals surface area contributed by atoms with E-state index < -0.39 is 0 Å². The second-order valence-corrected chi connectivity index (χ2v) is 3.46. The molecule has 1 aromatic rings. The van der Waals surface area contributed by atoms with Crippen LogP contribution < -0.4 is 0 Å². The lowest BCUT2D eigenvalue weighted by atomic mass is 10.2. The van der Waals surface area contributed by atoms with E-state index in [-0.39, 0.29) is 5.75 Å². The highest BCUT2D eigenvalue weighted by atomic mass is 32.2. The van der Waals surface area contributed by atoms with Crippen molar-refractivity contribution in [2.75, 3.05) is 12.2 Å². The van der Waals surface area contributed by atoms with E-state index >= 15 is 0 Å². The van der Waals surface area contributed by atoms with Crippen molar-refractivity contribution >= 4 is 24.4 Å². The summed E-state index contributed by atoms with van der Waals surface area (Å²) in [7, 11) is 0. The van der Waals surface area contributed by atoms with Gasteiger partial charge in [0.15, 0.2) is 0 Å². The summed E-state index contributed by atoms with van der Waals surface area (Å²) in [6.07, 6.45) is 1.93. The van der Waals surface area contributed by atoms with Crippen LogP contribution in [0.15, 0.2) is 34.5 Å². The topological polar surface area (TPSA) is 54.2 Å². The van der Waals surface area contributed by atoms with E-state index in [1.807, 2.05) is 6.26 Å². The standard InChI is InChI=1S/C10H12N2O2S/c1-11-12-10(14-7-15-2)8-3-5-9(13)6-4-8/h3-6,13H,1,7H2,2H3/b12-10-. The molecule has 0 spiro atoms. The molecule has 0 heterocycles. The van der Waals surface area contributed by atoms with Crippen molar-refractivity contribution in [3.05, 3.63) is 29.8 Å². The van der Waals surface area contributed by atoms with Crippen molar-refractivity contribution in [1.29, 1.82) is 0 Å². The minimum Gasteiger partial charge on any atom is -0.508 e. The molecule has 0 bridgehead atoms. The number of thioether (sulfide) groups is 1. The Balaban J connectivity index is 2.84. The summed E-state index contributed by atoms with van der Waals surface area (Å²) >= 11 is 1.54. The Morgan fingerprint density at radius 3 is 2.67 bits per heavy atom. The normalized spacial score (nSPS) is 11.1. The molecule has 0 radical (unpaired) electrons. The van der Waals surface area contributed by atoms with Crippen LogP contribution in [0.4, 0.5) is 0 Å². The van der Waals surface area contributed by atoms with Gasteiger partial charge in [-0.1, -0.05) is 0 Å². The van der Waals surface area contributed by atoms with Crippen LogP contribution in [-0.4, -0.2) is 29.9 Å². The highest BCUT2D eigenvalue weighted by molar-refractivity contribution is 7.98. The number of nitrogens with zero attached hydrogens (tertiary/aromatic N) is 2. The number of phenols is 1. The summed E-state index contributed by atoms with van der Waals surface area (Å²) < 4.78 is 5.36. The van der Waals surface area contributed by atoms with Gasteiger partial charge in [0.2, 0.25) is 5.90 Å². The molecule has 0 atom stereocenters. The van der Waals surface area contributed by atoms with Crippen molar-refractivity contribution in [3.8, 4) is 5.75 Å². The zero-order valence-electron chi connectivity index (χ0n) is 8.38. The Labute approximate surface area is 92.7 Å². The maximum Gasteiger partial charge on any atom is 0.241 e. The fraction of sp³-hybridized carbons (Fsp3) is 0.200. The van der Waals surface area contributed by atoms with Crippen molar-refractivity contribution in [2.45, 2.75) is 0 Å². The molecule has 0 aliphatic rings. The first-order valence-corrected chi connectivity index (χ1v) is 5.62. The van der Waals surface area contributed by atoms with Gasteiger partial charge >= 0.3 is 0 Å². The molecule has 1 rings (SSSR count). The fourth-order valence-corrected chi connectivity index (χ4v) is 1.18. The Kier molecular flexibility index (Phi) is 4.70. The van der Waals surface area contributed by atoms with E-state index in [2.05, 4.69) is 16.9 Å². The van der Waals surface area contributed by atoms with Gasteiger partial charge in [0.05, 0.1) is 0 Å². The van der Waals surface area contributed by atoms with Crippen LogP contribution in [0.5, 0.6) is 5.75 Å². The van der Waals surface area contributed by atoms with Gasteiger partial charge in [-0.3, -0.25) is 0 Å². The maximum atomic E-state index is 9.12. The van der Waals surface area contributed by atoms with Crippen molar-refractivity contribution in [3.63, 3.8) is 0 Å². The van der Waals surface area contributed by atoms with Crippen LogP contribution >= 0.6 is 11.8 Å². The first-order valence-electron chi connectivity index (χ1n) is 4.22. The number of benzene rings is 1. The highest BCUT2D eigenvalue weighted by Gasteiger charge is 2.04. The number of aromatic hydroxyl groups is 1. The monoisotopic (exact) mass is 224 g/mol. The smallest absolute Gasteiger partial charge is 0.241 e. The number of phenolic OH excluding ortho intramolecular Hbond substituents is 1. The molecular formula is C10H12N2O2S. The molecule has 5 heteroatoms. The Morgan fingerprint density at radius 2 is 2.13 bits per heavy atom. The number of hydrogen-bond donors (Lipinski definition) is 1. The molecule has 0 fully saturated rings. The second-order valence-electron chi connectivity index (χ2n) is 2.64. The lowest BCUT2D eigenvalue weighted by Gasteiger charge is -2.06. The van der Waals surface area contributed by atoms with Gasteiger partial charge in [-0.05, 0) is 30.5 Å². The average Bonchev–Trinajstić information content (AvgIpc) is 2.25. The SMILES string of the molecule is C=N/N=C(\OCSC)c1ccc(O)cc1. The molecule has 0 aromatic heterocycles. The largest absolute Gasteiger partial charge is 0.508 e. The molecule has 0 aliphatic heterocycles. The second kappa shape index (κ2) is 6.08. The zero-order valence-corrected chi connectivity index (χ0v) is 9.20. The Bertz CT molecular complexity index is 349. The summed E-state index contributed by atoms with van der Waals surface area (Å²) in [4.78, 5) is 0. The van der Waals surface area contributed by atoms with Gasteiger partial charge in [-0.15, -0.1) is 16.9 Å². The zero-order chi connectivity index (χ0) is 11.1. The van der Waals surface area contributed by atoms with Crippen molar-refractivity contribution in [2.24, 2.45) is 10.2 Å². The summed E-state index contributed by atoms with van der Waals surface area (Å²) in [5.74, 6) is 1.10. The third kappa shape index (κ3) is 3.63. The minimum atomic E-state index is 0.203. The summed E-state index contributed by atoms with van der Waals surface area (Å²) in [5, 5.41) is 16.3. The first-order chi connectivity index (χ1) is 7.27. The van der Waals surface area contributed by atoms with Crippen LogP contribution in [0.1, 0.15) is 5.56 Å². The average molecular weight is 224 g/mol. The van der Waals surface area contributed by atoms with Gasteiger partial charge < -0.3 is 9.84 Å². The molecule has 80 valence electrons. The molecular weight excluding hydrogens is 212 g/mol. The minimum absolute atomic E-state index is 0.203. The van der Waals surface area contributed by atoms with E-state index in [0.29, 0.717) is 11.8 Å². The predicted octanol–water partition coefficient (Wildman–Crippen LogP) is 2.09. The Morgan fingerprint density at radius 1 is 1.47 bits per heavy atom. The molecule has 0 saturated carbocycles. The molecule has 4 nitrogen and oxygen atoms in total. The van der Waals surface area contributed by atoms with Gasteiger partial charge in [0.1, 0.15) is 11.7 Å². The van der Waals surface area contributed by atoms with E-state index in [9.17, 15) is 0 Å². The van der Waals surface area contributed by atoms with Crippen LogP contribution in [0.3, 0.4) is 0 Å². The fourth-order valence-electron chi connectivity index (χ4n) is 0.953. The van der Waals surface area contributed by atoms with E-state index in [1.54, 1.807) is 24.3 Å². The van der Waals surface area contributed by atoms with E-state index in [0.717, 1.165) is 5.56 Å². The van der Waals surface area contributed by atoms with Crippen LogP contribution in [0.2, 0.25) is 0 Å². The lowest BCUT2D eigenvalue weighted by molar-refractivity contribution is 0.381. The summed E-state index contributed by atoms with van der Waals surface area (Å²) in [6, 6.07) is 6.55. The molecule has 0 amide bonds. The predicted molar refractivity (Wildman–Crippen MR) is 63.7 cm³/mol. The van der Waals surface area contributed by atoms with Crippen LogP contribution in [0.25, 0.3) is 0 Å². The number of rotatable bonds is 4. The number of hydrogen-bond acceptors (Lipinski definition) is 5. The van der Waals surface area contributed by atoms with E-state index in [4.69, 9.17) is 9.84 Å². The van der Waals surface area contributed by atoms with Crippen LogP contribution in [-0.2, 0) is 4.74 Å². The van der Waals surface area contributed by atoms with Gasteiger partial charge in [-0.25, -0.2) is 0 Å². The molecule has 1 N–H and O–H groups in total. The van der Waals surface area contributed by atoms with E-state index in [1.165, 1.54) is 11.8 Å². The van der Waals surface area contributed by atoms with Gasteiger partial charge in [-0.2, -0.15) is 5.10 Å². The van der Waals surface area contributed by atoms with Crippen molar-refractivity contribution in [1.82, 2.24) is 0 Å². The molecule has 1 aromatic carbocycles. The molecule has 15 heavy (non-hydrogen) atoms. The van der Waals surface area contributed by atoms with Gasteiger partial charge in [0.25, 0.3) is 0 Å². The molecule has 0 unspecified atom stereocenters. The quantitative estimate of drug-likeness (QED) is 0.369. The maximum absolute atomic E-state index is 9.12. The molecule has 0 aliphatic carbocycles. The van der Waals surface area contributed by atoms with Crippen molar-refractivity contribution < 1.29 is 9.84 Å². The van der Waals surface area contributed by atoms with Gasteiger partial charge in [0, 0.05) is 12.3 Å². The number of ether oxygens (including phenoxy) is 1. The third-order valence-corrected chi connectivity index (χ3v) is 1.94. The first kappa shape index (κ1) is 11.6.